The van der Waals surface area contributed by atoms with E-state index in [1.54, 1.807) is 22.2 Å². The van der Waals surface area contributed by atoms with E-state index in [9.17, 15) is 4.79 Å². The van der Waals surface area contributed by atoms with Crippen LogP contribution < -0.4 is 9.80 Å². The van der Waals surface area contributed by atoms with Crippen LogP contribution in [0.25, 0.3) is 11.0 Å². The molecule has 1 aliphatic heterocycles. The Kier molecular flexibility index (Phi) is 3.04. The van der Waals surface area contributed by atoms with Crippen LogP contribution in [0, 0.1) is 13.8 Å². The number of amides is 2. The molecule has 0 N–H and O–H groups in total. The maximum atomic E-state index is 12.8. The van der Waals surface area contributed by atoms with Crippen molar-refractivity contribution in [2.45, 2.75) is 13.8 Å². The van der Waals surface area contributed by atoms with Crippen molar-refractivity contribution in [1.82, 2.24) is 10.1 Å². The van der Waals surface area contributed by atoms with Gasteiger partial charge in [0, 0.05) is 36.4 Å². The highest BCUT2D eigenvalue weighted by Crippen LogP contribution is 2.29. The standard InChI is InChI=1S/C17H16N4O2/c1-11-5-6-18-10-15(11)21-8-7-20(17(21)22)13-3-4-14-12(2)19-23-16(14)9-13/h3-6,9-10H,7-8H2,1-2H3. The average Bonchev–Trinajstić information content (AvgIpc) is 3.11. The van der Waals surface area contributed by atoms with E-state index < -0.39 is 0 Å². The zero-order valence-electron chi connectivity index (χ0n) is 13.0. The van der Waals surface area contributed by atoms with Gasteiger partial charge in [-0.25, -0.2) is 4.79 Å². The fourth-order valence-corrected chi connectivity index (χ4v) is 2.96. The van der Waals surface area contributed by atoms with E-state index in [0.29, 0.717) is 18.7 Å². The first kappa shape index (κ1) is 13.8. The van der Waals surface area contributed by atoms with E-state index in [1.165, 1.54) is 0 Å². The number of fused-ring (bicyclic) bond motifs is 1. The maximum absolute atomic E-state index is 12.8. The third-order valence-electron chi connectivity index (χ3n) is 4.26. The monoisotopic (exact) mass is 308 g/mol. The van der Waals surface area contributed by atoms with Crippen molar-refractivity contribution in [3.8, 4) is 0 Å². The van der Waals surface area contributed by atoms with E-state index in [2.05, 4.69) is 10.1 Å². The lowest BCUT2D eigenvalue weighted by molar-refractivity contribution is 0.256. The van der Waals surface area contributed by atoms with Crippen molar-refractivity contribution < 1.29 is 9.32 Å². The molecule has 23 heavy (non-hydrogen) atoms. The second-order valence-electron chi connectivity index (χ2n) is 5.70. The Bertz CT molecular complexity index is 902. The first-order valence-corrected chi connectivity index (χ1v) is 7.51. The van der Waals surface area contributed by atoms with Crippen LogP contribution in [0.15, 0.2) is 41.2 Å². The summed E-state index contributed by atoms with van der Waals surface area (Å²) in [6.45, 7) is 5.15. The summed E-state index contributed by atoms with van der Waals surface area (Å²) in [5, 5.41) is 4.93. The Morgan fingerprint density at radius 2 is 1.96 bits per heavy atom. The summed E-state index contributed by atoms with van der Waals surface area (Å²) in [6.07, 6.45) is 3.47. The summed E-state index contributed by atoms with van der Waals surface area (Å²) < 4.78 is 5.30. The topological polar surface area (TPSA) is 62.5 Å². The van der Waals surface area contributed by atoms with Gasteiger partial charge in [-0.2, -0.15) is 0 Å². The molecule has 0 saturated carbocycles. The van der Waals surface area contributed by atoms with Crippen molar-refractivity contribution in [3.05, 3.63) is 47.9 Å². The Labute approximate surface area is 133 Å². The molecule has 3 aromatic rings. The number of carbonyl (C=O) groups is 1. The van der Waals surface area contributed by atoms with Gasteiger partial charge in [-0.3, -0.25) is 14.8 Å². The van der Waals surface area contributed by atoms with E-state index in [0.717, 1.165) is 28.0 Å². The molecule has 6 nitrogen and oxygen atoms in total. The summed E-state index contributed by atoms with van der Waals surface area (Å²) in [5.41, 5.74) is 4.27. The fraction of sp³-hybridized carbons (Fsp3) is 0.235. The van der Waals surface area contributed by atoms with Crippen LogP contribution in [-0.4, -0.2) is 29.3 Å². The predicted octanol–water partition coefficient (Wildman–Crippen LogP) is 3.29. The largest absolute Gasteiger partial charge is 0.356 e. The van der Waals surface area contributed by atoms with Crippen molar-refractivity contribution in [2.75, 3.05) is 22.9 Å². The third kappa shape index (κ3) is 2.14. The number of hydrogen-bond donors (Lipinski definition) is 0. The quantitative estimate of drug-likeness (QED) is 0.729. The Hall–Kier alpha value is -2.89. The summed E-state index contributed by atoms with van der Waals surface area (Å²) in [5.74, 6) is 0. The van der Waals surface area contributed by atoms with Crippen LogP contribution in [0.2, 0.25) is 0 Å². The number of nitrogens with zero attached hydrogens (tertiary/aromatic N) is 4. The molecular formula is C17H16N4O2. The third-order valence-corrected chi connectivity index (χ3v) is 4.26. The SMILES string of the molecule is Cc1ccncc1N1CCN(c2ccc3c(C)noc3c2)C1=O. The lowest BCUT2D eigenvalue weighted by Gasteiger charge is -2.19. The van der Waals surface area contributed by atoms with Crippen LogP contribution in [0.5, 0.6) is 0 Å². The van der Waals surface area contributed by atoms with Gasteiger partial charge in [-0.15, -0.1) is 0 Å². The van der Waals surface area contributed by atoms with Crippen LogP contribution in [0.4, 0.5) is 16.2 Å². The molecule has 0 spiro atoms. The number of carbonyl (C=O) groups excluding carboxylic acids is 1. The van der Waals surface area contributed by atoms with E-state index in [1.807, 2.05) is 38.1 Å². The first-order valence-electron chi connectivity index (χ1n) is 7.51. The molecule has 1 aromatic carbocycles. The van der Waals surface area contributed by atoms with E-state index in [-0.39, 0.29) is 6.03 Å². The number of benzene rings is 1. The average molecular weight is 308 g/mol. The zero-order valence-corrected chi connectivity index (χ0v) is 13.0. The lowest BCUT2D eigenvalue weighted by atomic mass is 10.2. The van der Waals surface area contributed by atoms with Gasteiger partial charge in [0.15, 0.2) is 5.58 Å². The zero-order chi connectivity index (χ0) is 16.0. The second kappa shape index (κ2) is 5.08. The number of hydrogen-bond acceptors (Lipinski definition) is 4. The number of pyridine rings is 1. The highest BCUT2D eigenvalue weighted by atomic mass is 16.5. The molecule has 116 valence electrons. The van der Waals surface area contributed by atoms with Gasteiger partial charge in [0.05, 0.1) is 17.6 Å². The number of anilines is 2. The minimum atomic E-state index is -0.0447. The van der Waals surface area contributed by atoms with E-state index in [4.69, 9.17) is 4.52 Å². The molecular weight excluding hydrogens is 292 g/mol. The first-order chi connectivity index (χ1) is 11.1. The number of urea groups is 1. The minimum Gasteiger partial charge on any atom is -0.356 e. The van der Waals surface area contributed by atoms with Gasteiger partial charge >= 0.3 is 6.03 Å². The molecule has 6 heteroatoms. The van der Waals surface area contributed by atoms with Crippen LogP contribution in [0.3, 0.4) is 0 Å². The predicted molar refractivity (Wildman–Crippen MR) is 87.8 cm³/mol. The van der Waals surface area contributed by atoms with E-state index >= 15 is 0 Å². The van der Waals surface area contributed by atoms with Crippen molar-refractivity contribution in [1.29, 1.82) is 0 Å². The van der Waals surface area contributed by atoms with Gasteiger partial charge in [-0.05, 0) is 37.6 Å². The Morgan fingerprint density at radius 3 is 2.78 bits per heavy atom. The highest BCUT2D eigenvalue weighted by molar-refractivity contribution is 6.07. The molecule has 0 aliphatic carbocycles. The van der Waals surface area contributed by atoms with Gasteiger partial charge in [0.25, 0.3) is 0 Å². The van der Waals surface area contributed by atoms with Gasteiger partial charge in [0.2, 0.25) is 0 Å². The number of aromatic nitrogens is 2. The van der Waals surface area contributed by atoms with Gasteiger partial charge in [0.1, 0.15) is 0 Å². The molecule has 0 bridgehead atoms. The smallest absolute Gasteiger partial charge is 0.329 e. The summed E-state index contributed by atoms with van der Waals surface area (Å²) in [7, 11) is 0. The molecule has 1 aliphatic rings. The second-order valence-corrected chi connectivity index (χ2v) is 5.70. The normalized spacial score (nSPS) is 15.0. The molecule has 1 fully saturated rings. The molecule has 0 radical (unpaired) electrons. The van der Waals surface area contributed by atoms with Crippen LogP contribution in [0.1, 0.15) is 11.3 Å². The summed E-state index contributed by atoms with van der Waals surface area (Å²) in [6, 6.07) is 7.62. The summed E-state index contributed by atoms with van der Waals surface area (Å²) >= 11 is 0. The van der Waals surface area contributed by atoms with Gasteiger partial charge < -0.3 is 4.52 Å². The highest BCUT2D eigenvalue weighted by Gasteiger charge is 2.31. The molecule has 2 amide bonds. The number of aryl methyl sites for hydroxylation is 2. The van der Waals surface area contributed by atoms with Crippen LogP contribution in [-0.2, 0) is 0 Å². The Morgan fingerprint density at radius 1 is 1.13 bits per heavy atom. The van der Waals surface area contributed by atoms with Gasteiger partial charge in [-0.1, -0.05) is 5.16 Å². The molecule has 0 unspecified atom stereocenters. The molecule has 3 heterocycles. The van der Waals surface area contributed by atoms with Crippen LogP contribution >= 0.6 is 0 Å². The summed E-state index contributed by atoms with van der Waals surface area (Å²) in [4.78, 5) is 20.4. The minimum absolute atomic E-state index is 0.0447. The Balaban J connectivity index is 1.67. The number of rotatable bonds is 2. The molecule has 1 saturated heterocycles. The van der Waals surface area contributed by atoms with Crippen molar-refractivity contribution in [2.24, 2.45) is 0 Å². The molecule has 2 aromatic heterocycles. The lowest BCUT2D eigenvalue weighted by Crippen LogP contribution is -2.32. The fourth-order valence-electron chi connectivity index (χ4n) is 2.96. The molecule has 0 atom stereocenters. The van der Waals surface area contributed by atoms with Crippen molar-refractivity contribution in [3.63, 3.8) is 0 Å². The van der Waals surface area contributed by atoms with Crippen molar-refractivity contribution >= 4 is 28.4 Å². The maximum Gasteiger partial charge on any atom is 0.329 e. The molecule has 4 rings (SSSR count).